The van der Waals surface area contributed by atoms with Crippen molar-refractivity contribution in [3.63, 3.8) is 0 Å². The molecule has 0 aliphatic heterocycles. The second-order valence-electron chi connectivity index (χ2n) is 4.90. The van der Waals surface area contributed by atoms with Gasteiger partial charge in [0.15, 0.2) is 0 Å². The fourth-order valence-corrected chi connectivity index (χ4v) is 2.33. The van der Waals surface area contributed by atoms with Gasteiger partial charge in [-0.05, 0) is 29.7 Å². The van der Waals surface area contributed by atoms with Gasteiger partial charge in [-0.2, -0.15) is 0 Å². The van der Waals surface area contributed by atoms with E-state index in [9.17, 15) is 9.90 Å². The number of pyridine rings is 1. The van der Waals surface area contributed by atoms with Crippen LogP contribution in [-0.2, 0) is 11.4 Å². The van der Waals surface area contributed by atoms with E-state index >= 15 is 0 Å². The van der Waals surface area contributed by atoms with Gasteiger partial charge in [0, 0.05) is 22.7 Å². The zero-order chi connectivity index (χ0) is 15.2. The molecule has 0 saturated carbocycles. The largest absolute Gasteiger partial charge is 0.392 e. The third-order valence-corrected chi connectivity index (χ3v) is 3.82. The smallest absolute Gasteiger partial charge is 0.225 e. The predicted octanol–water partition coefficient (Wildman–Crippen LogP) is 3.47. The summed E-state index contributed by atoms with van der Waals surface area (Å²) in [6.45, 7) is 1.89. The van der Waals surface area contributed by atoms with Gasteiger partial charge in [-0.25, -0.2) is 0 Å². The Morgan fingerprint density at radius 1 is 1.33 bits per heavy atom. The number of aliphatic hydroxyl groups excluding tert-OH is 1. The van der Waals surface area contributed by atoms with E-state index in [0.29, 0.717) is 17.7 Å². The Morgan fingerprint density at radius 2 is 2.05 bits per heavy atom. The molecule has 4 nitrogen and oxygen atoms in total. The van der Waals surface area contributed by atoms with Gasteiger partial charge in [-0.1, -0.05) is 35.0 Å². The lowest BCUT2D eigenvalue weighted by atomic mass is 9.97. The molecule has 1 aromatic heterocycles. The van der Waals surface area contributed by atoms with Crippen LogP contribution in [0.3, 0.4) is 0 Å². The maximum Gasteiger partial charge on any atom is 0.225 e. The van der Waals surface area contributed by atoms with Gasteiger partial charge in [0.05, 0.1) is 18.5 Å². The van der Waals surface area contributed by atoms with E-state index in [0.717, 1.165) is 10.0 Å². The lowest BCUT2D eigenvalue weighted by Gasteiger charge is -2.13. The summed E-state index contributed by atoms with van der Waals surface area (Å²) in [5.41, 5.74) is 2.34. The van der Waals surface area contributed by atoms with E-state index in [1.54, 1.807) is 18.5 Å². The van der Waals surface area contributed by atoms with Crippen molar-refractivity contribution in [2.24, 2.45) is 0 Å². The summed E-state index contributed by atoms with van der Waals surface area (Å²) < 4.78 is 1.02. The molecule has 0 aliphatic rings. The van der Waals surface area contributed by atoms with Gasteiger partial charge >= 0.3 is 0 Å². The molecule has 0 saturated heterocycles. The van der Waals surface area contributed by atoms with Crippen molar-refractivity contribution in [3.8, 4) is 0 Å². The number of nitrogens with zero attached hydrogens (tertiary/aromatic N) is 1. The molecule has 1 aromatic carbocycles. The average molecular weight is 349 g/mol. The number of rotatable bonds is 5. The third kappa shape index (κ3) is 4.37. The van der Waals surface area contributed by atoms with Gasteiger partial charge < -0.3 is 10.4 Å². The Bertz CT molecular complexity index is 614. The van der Waals surface area contributed by atoms with Crippen LogP contribution < -0.4 is 5.32 Å². The Balaban J connectivity index is 1.99. The molecule has 5 heteroatoms. The SMILES string of the molecule is CC(CC(=O)Nc1cnccc1CO)c1ccc(Br)cc1. The molecule has 21 heavy (non-hydrogen) atoms. The second-order valence-corrected chi connectivity index (χ2v) is 5.81. The third-order valence-electron chi connectivity index (χ3n) is 3.29. The lowest BCUT2D eigenvalue weighted by molar-refractivity contribution is -0.116. The van der Waals surface area contributed by atoms with Crippen molar-refractivity contribution in [1.82, 2.24) is 4.98 Å². The molecule has 0 spiro atoms. The summed E-state index contributed by atoms with van der Waals surface area (Å²) >= 11 is 3.40. The number of anilines is 1. The molecule has 0 bridgehead atoms. The number of carbonyl (C=O) groups excluding carboxylic acids is 1. The Hall–Kier alpha value is -1.72. The van der Waals surface area contributed by atoms with Crippen LogP contribution in [-0.4, -0.2) is 16.0 Å². The summed E-state index contributed by atoms with van der Waals surface area (Å²) in [6, 6.07) is 9.63. The fraction of sp³-hybridized carbons (Fsp3) is 0.250. The van der Waals surface area contributed by atoms with Gasteiger partial charge in [-0.15, -0.1) is 0 Å². The number of aliphatic hydroxyl groups is 1. The van der Waals surface area contributed by atoms with Crippen LogP contribution in [0.5, 0.6) is 0 Å². The average Bonchev–Trinajstić information content (AvgIpc) is 2.48. The molecule has 1 amide bonds. The fourth-order valence-electron chi connectivity index (χ4n) is 2.06. The monoisotopic (exact) mass is 348 g/mol. The van der Waals surface area contributed by atoms with Crippen molar-refractivity contribution in [1.29, 1.82) is 0 Å². The normalized spacial score (nSPS) is 12.0. The standard InChI is InChI=1S/C16H17BrN2O2/c1-11(12-2-4-14(17)5-3-12)8-16(21)19-15-9-18-7-6-13(15)10-20/h2-7,9,11,20H,8,10H2,1H3,(H,19,21). The van der Waals surface area contributed by atoms with Crippen LogP contribution >= 0.6 is 15.9 Å². The summed E-state index contributed by atoms with van der Waals surface area (Å²) in [5, 5.41) is 12.0. The zero-order valence-corrected chi connectivity index (χ0v) is 13.3. The Morgan fingerprint density at radius 3 is 2.71 bits per heavy atom. The van der Waals surface area contributed by atoms with Crippen molar-refractivity contribution in [2.45, 2.75) is 25.9 Å². The van der Waals surface area contributed by atoms with Crippen LogP contribution in [0.2, 0.25) is 0 Å². The minimum absolute atomic E-state index is 0.0897. The van der Waals surface area contributed by atoms with E-state index in [2.05, 4.69) is 26.2 Å². The summed E-state index contributed by atoms with van der Waals surface area (Å²) in [6.07, 6.45) is 3.51. The van der Waals surface area contributed by atoms with Crippen LogP contribution in [0, 0.1) is 0 Å². The van der Waals surface area contributed by atoms with E-state index in [4.69, 9.17) is 0 Å². The van der Waals surface area contributed by atoms with E-state index in [1.165, 1.54) is 0 Å². The highest BCUT2D eigenvalue weighted by molar-refractivity contribution is 9.10. The molecule has 2 N–H and O–H groups in total. The number of hydrogen-bond acceptors (Lipinski definition) is 3. The van der Waals surface area contributed by atoms with E-state index < -0.39 is 0 Å². The molecule has 1 atom stereocenters. The van der Waals surface area contributed by atoms with Crippen LogP contribution in [0.15, 0.2) is 47.2 Å². The molecule has 110 valence electrons. The highest BCUT2D eigenvalue weighted by Crippen LogP contribution is 2.22. The van der Waals surface area contributed by atoms with Gasteiger partial charge in [0.1, 0.15) is 0 Å². The molecular formula is C16H17BrN2O2. The molecule has 2 aromatic rings. The quantitative estimate of drug-likeness (QED) is 0.869. The molecule has 2 rings (SSSR count). The summed E-state index contributed by atoms with van der Waals surface area (Å²) in [4.78, 5) is 16.1. The first kappa shape index (κ1) is 15.7. The maximum atomic E-state index is 12.1. The minimum atomic E-state index is -0.125. The molecule has 0 aliphatic carbocycles. The van der Waals surface area contributed by atoms with Crippen LogP contribution in [0.4, 0.5) is 5.69 Å². The van der Waals surface area contributed by atoms with Crippen LogP contribution in [0.25, 0.3) is 0 Å². The zero-order valence-electron chi connectivity index (χ0n) is 11.7. The van der Waals surface area contributed by atoms with E-state index in [1.807, 2.05) is 31.2 Å². The first-order valence-corrected chi connectivity index (χ1v) is 7.48. The number of benzene rings is 1. The highest BCUT2D eigenvalue weighted by atomic mass is 79.9. The first-order valence-electron chi connectivity index (χ1n) is 6.69. The molecule has 0 fully saturated rings. The molecule has 1 unspecified atom stereocenters. The van der Waals surface area contributed by atoms with Crippen molar-refractivity contribution < 1.29 is 9.90 Å². The van der Waals surface area contributed by atoms with Gasteiger partial charge in [0.2, 0.25) is 5.91 Å². The number of aromatic nitrogens is 1. The molecule has 1 heterocycles. The predicted molar refractivity (Wildman–Crippen MR) is 86.0 cm³/mol. The molecular weight excluding hydrogens is 332 g/mol. The number of halogens is 1. The maximum absolute atomic E-state index is 12.1. The van der Waals surface area contributed by atoms with Gasteiger partial charge in [-0.3, -0.25) is 9.78 Å². The minimum Gasteiger partial charge on any atom is -0.392 e. The summed E-state index contributed by atoms with van der Waals surface area (Å²) in [7, 11) is 0. The number of nitrogens with one attached hydrogen (secondary N) is 1. The number of amides is 1. The van der Waals surface area contributed by atoms with Crippen molar-refractivity contribution >= 4 is 27.5 Å². The van der Waals surface area contributed by atoms with Gasteiger partial charge in [0.25, 0.3) is 0 Å². The summed E-state index contributed by atoms with van der Waals surface area (Å²) in [5.74, 6) is 0.0282. The highest BCUT2D eigenvalue weighted by Gasteiger charge is 2.12. The lowest BCUT2D eigenvalue weighted by Crippen LogP contribution is -2.15. The van der Waals surface area contributed by atoms with E-state index in [-0.39, 0.29) is 18.4 Å². The topological polar surface area (TPSA) is 62.2 Å². The second kappa shape index (κ2) is 7.33. The first-order chi connectivity index (χ1) is 10.1. The van der Waals surface area contributed by atoms with Crippen molar-refractivity contribution in [2.75, 3.05) is 5.32 Å². The number of carbonyl (C=O) groups is 1. The van der Waals surface area contributed by atoms with Crippen molar-refractivity contribution in [3.05, 3.63) is 58.3 Å². The Labute approximate surface area is 132 Å². The Kier molecular flexibility index (Phi) is 5.47. The number of hydrogen-bond donors (Lipinski definition) is 2. The van der Waals surface area contributed by atoms with Crippen LogP contribution in [0.1, 0.15) is 30.4 Å². The molecule has 0 radical (unpaired) electrons.